The number of aliphatic hydroxyl groups excluding tert-OH is 2. The van der Waals surface area contributed by atoms with E-state index < -0.39 is 4.92 Å². The first-order valence-corrected chi connectivity index (χ1v) is 10.9. The van der Waals surface area contributed by atoms with Crippen molar-refractivity contribution < 1.29 is 19.7 Å². The molecule has 0 radical (unpaired) electrons. The molecular formula is C26H22N3O4S+. The first-order valence-electron chi connectivity index (χ1n) is 10.5. The Hall–Kier alpha value is -4.14. The van der Waals surface area contributed by atoms with Crippen molar-refractivity contribution in [3.8, 4) is 0 Å². The molecule has 7 nitrogen and oxygen atoms in total. The largest absolute Gasteiger partial charge is 0.502 e. The lowest BCUT2D eigenvalue weighted by atomic mass is 10.1. The van der Waals surface area contributed by atoms with Crippen molar-refractivity contribution in [3.05, 3.63) is 112 Å². The number of nitro groups is 1. The highest BCUT2D eigenvalue weighted by atomic mass is 32.1. The van der Waals surface area contributed by atoms with Crippen molar-refractivity contribution in [2.24, 2.45) is 0 Å². The third-order valence-corrected chi connectivity index (χ3v) is 5.75. The Kier molecular flexibility index (Phi) is 6.62. The first-order chi connectivity index (χ1) is 16.4. The fraction of sp³-hybridized carbons (Fsp3) is 0.0769. The molecule has 1 aromatic heterocycles. The van der Waals surface area contributed by atoms with E-state index in [1.807, 2.05) is 42.5 Å². The van der Waals surface area contributed by atoms with Gasteiger partial charge in [0.1, 0.15) is 0 Å². The SMILES string of the molecule is Cc1ccc(/C(O)=C(/C(=S)Nc2cccc3ccccc23)[n+]2cccc(CO)c2)cc1[N+](=O)[O-]. The van der Waals surface area contributed by atoms with Gasteiger partial charge in [-0.2, -0.15) is 4.57 Å². The second-order valence-corrected chi connectivity index (χ2v) is 8.12. The highest BCUT2D eigenvalue weighted by molar-refractivity contribution is 7.81. The smallest absolute Gasteiger partial charge is 0.288 e. The van der Waals surface area contributed by atoms with Crippen LogP contribution in [0.25, 0.3) is 22.2 Å². The molecule has 0 bridgehead atoms. The van der Waals surface area contributed by atoms with E-state index in [-0.39, 0.29) is 34.3 Å². The third kappa shape index (κ3) is 4.63. The molecule has 3 aromatic carbocycles. The van der Waals surface area contributed by atoms with Crippen LogP contribution < -0.4 is 9.88 Å². The van der Waals surface area contributed by atoms with Crippen LogP contribution in [0.2, 0.25) is 0 Å². The number of aromatic nitrogens is 1. The number of nitrogens with one attached hydrogen (secondary N) is 1. The molecule has 1 heterocycles. The maximum Gasteiger partial charge on any atom is 0.288 e. The van der Waals surface area contributed by atoms with Gasteiger partial charge in [-0.3, -0.25) is 10.1 Å². The Bertz CT molecular complexity index is 1440. The number of fused-ring (bicyclic) bond motifs is 1. The van der Waals surface area contributed by atoms with E-state index >= 15 is 0 Å². The van der Waals surface area contributed by atoms with Gasteiger partial charge in [0.05, 0.1) is 11.5 Å². The second-order valence-electron chi connectivity index (χ2n) is 7.71. The van der Waals surface area contributed by atoms with Gasteiger partial charge in [-0.25, -0.2) is 0 Å². The Labute approximate surface area is 201 Å². The minimum Gasteiger partial charge on any atom is -0.502 e. The number of hydrogen-bond acceptors (Lipinski definition) is 5. The van der Waals surface area contributed by atoms with Gasteiger partial charge in [0.15, 0.2) is 23.1 Å². The third-order valence-electron chi connectivity index (χ3n) is 5.46. The quantitative estimate of drug-likeness (QED) is 0.0895. The van der Waals surface area contributed by atoms with Crippen LogP contribution in [-0.4, -0.2) is 20.1 Å². The highest BCUT2D eigenvalue weighted by Crippen LogP contribution is 2.27. The molecule has 34 heavy (non-hydrogen) atoms. The summed E-state index contributed by atoms with van der Waals surface area (Å²) in [6.07, 6.45) is 3.33. The number of nitrogens with zero attached hydrogens (tertiary/aromatic N) is 2. The summed E-state index contributed by atoms with van der Waals surface area (Å²) in [6, 6.07) is 21.6. The average molecular weight is 473 g/mol. The molecule has 0 amide bonds. The lowest BCUT2D eigenvalue weighted by molar-refractivity contribution is -0.576. The maximum absolute atomic E-state index is 11.5. The van der Waals surface area contributed by atoms with Crippen molar-refractivity contribution in [2.75, 3.05) is 5.32 Å². The Morgan fingerprint density at radius 2 is 1.85 bits per heavy atom. The van der Waals surface area contributed by atoms with Gasteiger partial charge in [-0.15, -0.1) is 0 Å². The van der Waals surface area contributed by atoms with Gasteiger partial charge >= 0.3 is 0 Å². The lowest BCUT2D eigenvalue weighted by Gasteiger charge is -2.12. The molecule has 0 unspecified atom stereocenters. The molecule has 3 N–H and O–H groups in total. The molecule has 170 valence electrons. The predicted octanol–water partition coefficient (Wildman–Crippen LogP) is 5.16. The molecule has 0 aliphatic rings. The molecule has 8 heteroatoms. The summed E-state index contributed by atoms with van der Waals surface area (Å²) >= 11 is 5.72. The van der Waals surface area contributed by atoms with E-state index in [1.165, 1.54) is 6.07 Å². The van der Waals surface area contributed by atoms with Crippen LogP contribution in [0.4, 0.5) is 11.4 Å². The van der Waals surface area contributed by atoms with Gasteiger partial charge in [0.25, 0.3) is 11.4 Å². The molecule has 0 aliphatic heterocycles. The van der Waals surface area contributed by atoms with E-state index in [0.717, 1.165) is 16.5 Å². The molecule has 0 saturated heterocycles. The van der Waals surface area contributed by atoms with Gasteiger partial charge < -0.3 is 15.5 Å². The van der Waals surface area contributed by atoms with Crippen LogP contribution in [0, 0.1) is 17.0 Å². The molecule has 0 spiro atoms. The topological polar surface area (TPSA) is 99.5 Å². The van der Waals surface area contributed by atoms with Crippen LogP contribution in [0.5, 0.6) is 0 Å². The van der Waals surface area contributed by atoms with Crippen LogP contribution in [0.3, 0.4) is 0 Å². The molecule has 0 fully saturated rings. The van der Waals surface area contributed by atoms with Crippen LogP contribution in [-0.2, 0) is 6.61 Å². The number of pyridine rings is 1. The number of thiocarbonyl (C=S) groups is 1. The summed E-state index contributed by atoms with van der Waals surface area (Å²) in [5.41, 5.74) is 2.20. The Morgan fingerprint density at radius 1 is 1.09 bits per heavy atom. The first kappa shape index (κ1) is 23.0. The number of hydrogen-bond donors (Lipinski definition) is 3. The van der Waals surface area contributed by atoms with Crippen molar-refractivity contribution in [2.45, 2.75) is 13.5 Å². The Morgan fingerprint density at radius 3 is 2.62 bits per heavy atom. The fourth-order valence-electron chi connectivity index (χ4n) is 3.71. The molecule has 4 aromatic rings. The number of anilines is 1. The lowest BCUT2D eigenvalue weighted by Crippen LogP contribution is -2.39. The zero-order chi connectivity index (χ0) is 24.2. The number of rotatable bonds is 6. The van der Waals surface area contributed by atoms with E-state index in [4.69, 9.17) is 12.2 Å². The number of aliphatic hydroxyl groups is 2. The predicted molar refractivity (Wildman–Crippen MR) is 136 cm³/mol. The summed E-state index contributed by atoms with van der Waals surface area (Å²) in [5, 5.41) is 37.6. The molecule has 0 atom stereocenters. The average Bonchev–Trinajstić information content (AvgIpc) is 2.84. The van der Waals surface area contributed by atoms with Crippen molar-refractivity contribution >= 4 is 50.8 Å². The van der Waals surface area contributed by atoms with Gasteiger partial charge in [-0.05, 0) is 24.4 Å². The van der Waals surface area contributed by atoms with E-state index in [2.05, 4.69) is 5.32 Å². The summed E-state index contributed by atoms with van der Waals surface area (Å²) in [6.45, 7) is 1.43. The van der Waals surface area contributed by atoms with Gasteiger partial charge in [0, 0.05) is 39.9 Å². The monoisotopic (exact) mass is 472 g/mol. The highest BCUT2D eigenvalue weighted by Gasteiger charge is 2.26. The fourth-order valence-corrected chi connectivity index (χ4v) is 4.02. The normalized spacial score (nSPS) is 11.7. The summed E-state index contributed by atoms with van der Waals surface area (Å²) < 4.78 is 1.59. The summed E-state index contributed by atoms with van der Waals surface area (Å²) in [5.74, 6) is -0.235. The van der Waals surface area contributed by atoms with Gasteiger partial charge in [0.2, 0.25) is 0 Å². The molecule has 0 saturated carbocycles. The van der Waals surface area contributed by atoms with E-state index in [9.17, 15) is 20.3 Å². The number of benzene rings is 3. The molecule has 4 rings (SSSR count). The van der Waals surface area contributed by atoms with Crippen molar-refractivity contribution in [3.63, 3.8) is 0 Å². The minimum absolute atomic E-state index is 0.106. The minimum atomic E-state index is -0.488. The number of aryl methyl sites for hydroxylation is 1. The van der Waals surface area contributed by atoms with Crippen molar-refractivity contribution in [1.29, 1.82) is 0 Å². The summed E-state index contributed by atoms with van der Waals surface area (Å²) in [4.78, 5) is 11.2. The van der Waals surface area contributed by atoms with E-state index in [0.29, 0.717) is 11.1 Å². The molecular weight excluding hydrogens is 450 g/mol. The standard InChI is InChI=1S/C26H21N3O4S/c1-17-11-12-20(14-23(17)29(32)33)25(31)24(28-13-5-6-18(15-28)16-30)26(34)27-22-10-4-8-19-7-2-3-9-21(19)22/h2-15,30H,16H2,1H3,(H-,27,31,34)/p+1. The Balaban J connectivity index is 1.87. The maximum atomic E-state index is 11.5. The zero-order valence-corrected chi connectivity index (χ0v) is 19.1. The van der Waals surface area contributed by atoms with Crippen LogP contribution in [0.15, 0.2) is 85.2 Å². The van der Waals surface area contributed by atoms with Gasteiger partial charge in [-0.1, -0.05) is 60.7 Å². The van der Waals surface area contributed by atoms with Crippen molar-refractivity contribution in [1.82, 2.24) is 0 Å². The summed E-state index contributed by atoms with van der Waals surface area (Å²) in [7, 11) is 0. The van der Waals surface area contributed by atoms with Crippen LogP contribution in [0.1, 0.15) is 16.7 Å². The number of nitro benzene ring substituents is 1. The molecule has 0 aliphatic carbocycles. The van der Waals surface area contributed by atoms with Crippen LogP contribution >= 0.6 is 12.2 Å². The van der Waals surface area contributed by atoms with E-state index in [1.54, 1.807) is 48.1 Å². The second kappa shape index (κ2) is 9.78. The zero-order valence-electron chi connectivity index (χ0n) is 18.3.